The van der Waals surface area contributed by atoms with Crippen molar-refractivity contribution in [2.45, 2.75) is 36.6 Å². The van der Waals surface area contributed by atoms with Gasteiger partial charge in [-0.05, 0) is 31.5 Å². The predicted molar refractivity (Wildman–Crippen MR) is 111 cm³/mol. The summed E-state index contributed by atoms with van der Waals surface area (Å²) in [4.78, 5) is 20.2. The second-order valence-corrected chi connectivity index (χ2v) is 9.95. The molecule has 0 saturated carbocycles. The Morgan fingerprint density at radius 1 is 1.15 bits per heavy atom. The highest BCUT2D eigenvalue weighted by Gasteiger charge is 2.56. The average Bonchev–Trinajstić information content (AvgIpc) is 3.18. The van der Waals surface area contributed by atoms with Crippen molar-refractivity contribution >= 4 is 28.6 Å². The molecule has 5 nitrogen and oxygen atoms in total. The number of benzene rings is 1. The fourth-order valence-electron chi connectivity index (χ4n) is 4.67. The zero-order valence-electron chi connectivity index (χ0n) is 16.2. The van der Waals surface area contributed by atoms with E-state index in [0.717, 1.165) is 45.8 Å². The van der Waals surface area contributed by atoms with Crippen molar-refractivity contribution in [3.8, 4) is 0 Å². The quantitative estimate of drug-likeness (QED) is 0.761. The van der Waals surface area contributed by atoms with Crippen LogP contribution in [0.25, 0.3) is 10.9 Å². The minimum absolute atomic E-state index is 0.168. The monoisotopic (exact) mass is 384 g/mol. The van der Waals surface area contributed by atoms with E-state index in [0.29, 0.717) is 17.6 Å². The highest BCUT2D eigenvalue weighted by atomic mass is 32.2. The summed E-state index contributed by atoms with van der Waals surface area (Å²) in [6.07, 6.45) is 0.674. The largest absolute Gasteiger partial charge is 0.341 e. The number of piperazine rings is 1. The molecule has 4 heterocycles. The van der Waals surface area contributed by atoms with Gasteiger partial charge in [0.2, 0.25) is 5.91 Å². The van der Waals surface area contributed by atoms with Crippen LogP contribution in [0.3, 0.4) is 0 Å². The number of nitrogens with zero attached hydrogens (tertiary/aromatic N) is 4. The molecule has 2 unspecified atom stereocenters. The van der Waals surface area contributed by atoms with Gasteiger partial charge in [-0.3, -0.25) is 9.69 Å². The molecule has 0 spiro atoms. The van der Waals surface area contributed by atoms with Crippen LogP contribution in [0.15, 0.2) is 30.3 Å². The number of amides is 1. The van der Waals surface area contributed by atoms with E-state index in [4.69, 9.17) is 0 Å². The normalized spacial score (nSPS) is 29.1. The number of carbonyl (C=O) groups excluding carboxylic acids is 1. The second kappa shape index (κ2) is 6.54. The summed E-state index contributed by atoms with van der Waals surface area (Å²) < 4.78 is 2.37. The molecule has 0 N–H and O–H groups in total. The van der Waals surface area contributed by atoms with Crippen LogP contribution < -0.4 is 0 Å². The second-order valence-electron chi connectivity index (χ2n) is 8.32. The molecule has 1 aromatic carbocycles. The van der Waals surface area contributed by atoms with Gasteiger partial charge in [0.05, 0.1) is 11.4 Å². The van der Waals surface area contributed by atoms with Gasteiger partial charge in [-0.1, -0.05) is 18.2 Å². The maximum Gasteiger partial charge on any atom is 0.224 e. The molecule has 3 aliphatic heterocycles. The molecule has 1 amide bonds. The Balaban J connectivity index is 1.23. The van der Waals surface area contributed by atoms with Crippen LogP contribution in [0.1, 0.15) is 19.0 Å². The van der Waals surface area contributed by atoms with Gasteiger partial charge >= 0.3 is 0 Å². The molecular weight excluding hydrogens is 356 g/mol. The van der Waals surface area contributed by atoms with Crippen molar-refractivity contribution in [3.05, 3.63) is 36.0 Å². The summed E-state index contributed by atoms with van der Waals surface area (Å²) in [5.74, 6) is 0.321. The Kier molecular flexibility index (Phi) is 4.26. The van der Waals surface area contributed by atoms with Gasteiger partial charge in [0.15, 0.2) is 0 Å². The molecule has 144 valence electrons. The Labute approximate surface area is 165 Å². The molecule has 1 aromatic heterocycles. The fourth-order valence-corrected chi connectivity index (χ4v) is 5.97. The smallest absolute Gasteiger partial charge is 0.224 e. The van der Waals surface area contributed by atoms with Gasteiger partial charge in [-0.2, -0.15) is 0 Å². The standard InChI is InChI=1S/C21H28N4OS/c1-21(24-10-7-22(2)8-11-24)19(27-21)14-20(26)23-9-12-25-17(15-23)13-16-5-3-4-6-18(16)25/h3-6,13,19H,7-12,14-15H2,1-2H3. The lowest BCUT2D eigenvalue weighted by molar-refractivity contribution is -0.132. The molecule has 27 heavy (non-hydrogen) atoms. The van der Waals surface area contributed by atoms with Crippen molar-refractivity contribution in [2.75, 3.05) is 39.8 Å². The Morgan fingerprint density at radius 2 is 1.93 bits per heavy atom. The van der Waals surface area contributed by atoms with Crippen molar-refractivity contribution in [1.82, 2.24) is 19.3 Å². The highest BCUT2D eigenvalue weighted by Crippen LogP contribution is 2.57. The summed E-state index contributed by atoms with van der Waals surface area (Å²) in [7, 11) is 2.19. The first-order valence-electron chi connectivity index (χ1n) is 10.0. The van der Waals surface area contributed by atoms with E-state index in [9.17, 15) is 4.79 Å². The van der Waals surface area contributed by atoms with E-state index in [-0.39, 0.29) is 4.87 Å². The number of hydrogen-bond acceptors (Lipinski definition) is 4. The highest BCUT2D eigenvalue weighted by molar-refractivity contribution is 8.08. The maximum absolute atomic E-state index is 13.0. The summed E-state index contributed by atoms with van der Waals surface area (Å²) in [5, 5.41) is 1.73. The molecule has 2 fully saturated rings. The molecule has 2 atom stereocenters. The molecule has 5 rings (SSSR count). The van der Waals surface area contributed by atoms with Crippen LogP contribution in [-0.4, -0.2) is 75.1 Å². The van der Waals surface area contributed by atoms with Crippen molar-refractivity contribution in [1.29, 1.82) is 0 Å². The first kappa shape index (κ1) is 17.6. The number of hydrogen-bond donors (Lipinski definition) is 0. The lowest BCUT2D eigenvalue weighted by atomic mass is 10.1. The van der Waals surface area contributed by atoms with Crippen molar-refractivity contribution in [2.24, 2.45) is 0 Å². The number of thioether (sulfide) groups is 1. The summed E-state index contributed by atoms with van der Waals surface area (Å²) in [5.41, 5.74) is 2.56. The zero-order valence-corrected chi connectivity index (χ0v) is 17.0. The number of likely N-dealkylation sites (N-methyl/N-ethyl adjacent to an activating group) is 1. The first-order chi connectivity index (χ1) is 13.0. The average molecular weight is 385 g/mol. The minimum Gasteiger partial charge on any atom is -0.341 e. The molecule has 2 aromatic rings. The number of para-hydroxylation sites is 1. The maximum atomic E-state index is 13.0. The fraction of sp³-hybridized carbons (Fsp3) is 0.571. The lowest BCUT2D eigenvalue weighted by Gasteiger charge is -2.36. The van der Waals surface area contributed by atoms with Gasteiger partial charge in [-0.25, -0.2) is 0 Å². The van der Waals surface area contributed by atoms with Gasteiger partial charge in [0.25, 0.3) is 0 Å². The van der Waals surface area contributed by atoms with Gasteiger partial charge < -0.3 is 14.4 Å². The van der Waals surface area contributed by atoms with Crippen LogP contribution in [-0.2, 0) is 17.9 Å². The number of carbonyl (C=O) groups is 1. The van der Waals surface area contributed by atoms with E-state index in [1.54, 1.807) is 0 Å². The Bertz CT molecular complexity index is 872. The first-order valence-corrected chi connectivity index (χ1v) is 10.9. The third-order valence-corrected chi connectivity index (χ3v) is 8.28. The topological polar surface area (TPSA) is 31.7 Å². The molecular formula is C21H28N4OS. The van der Waals surface area contributed by atoms with Crippen molar-refractivity contribution in [3.63, 3.8) is 0 Å². The van der Waals surface area contributed by atoms with E-state index in [1.807, 2.05) is 11.8 Å². The van der Waals surface area contributed by atoms with Gasteiger partial charge in [0, 0.05) is 62.1 Å². The molecule has 0 aliphatic carbocycles. The van der Waals surface area contributed by atoms with Gasteiger partial charge in [-0.15, -0.1) is 11.8 Å². The summed E-state index contributed by atoms with van der Waals surface area (Å²) >= 11 is 1.98. The molecule has 0 radical (unpaired) electrons. The lowest BCUT2D eigenvalue weighted by Crippen LogP contribution is -2.50. The third-order valence-electron chi connectivity index (χ3n) is 6.61. The van der Waals surface area contributed by atoms with Crippen LogP contribution in [0, 0.1) is 0 Å². The third kappa shape index (κ3) is 3.08. The van der Waals surface area contributed by atoms with E-state index < -0.39 is 0 Å². The summed E-state index contributed by atoms with van der Waals surface area (Å²) in [6.45, 7) is 9.31. The number of aromatic nitrogens is 1. The van der Waals surface area contributed by atoms with Gasteiger partial charge in [0.1, 0.15) is 0 Å². The molecule has 2 saturated heterocycles. The van der Waals surface area contributed by atoms with Crippen LogP contribution in [0.5, 0.6) is 0 Å². The van der Waals surface area contributed by atoms with E-state index in [2.05, 4.69) is 63.6 Å². The molecule has 0 bridgehead atoms. The number of rotatable bonds is 3. The number of fused-ring (bicyclic) bond motifs is 3. The predicted octanol–water partition coefficient (Wildman–Crippen LogP) is 2.45. The minimum atomic E-state index is 0.168. The van der Waals surface area contributed by atoms with Crippen LogP contribution in [0.2, 0.25) is 0 Å². The van der Waals surface area contributed by atoms with E-state index >= 15 is 0 Å². The Hall–Kier alpha value is -1.50. The summed E-state index contributed by atoms with van der Waals surface area (Å²) in [6, 6.07) is 10.8. The van der Waals surface area contributed by atoms with Crippen LogP contribution >= 0.6 is 11.8 Å². The van der Waals surface area contributed by atoms with Crippen molar-refractivity contribution < 1.29 is 4.79 Å². The Morgan fingerprint density at radius 3 is 2.74 bits per heavy atom. The van der Waals surface area contributed by atoms with E-state index in [1.165, 1.54) is 16.6 Å². The van der Waals surface area contributed by atoms with Crippen LogP contribution in [0.4, 0.5) is 0 Å². The SMILES string of the molecule is CN1CCN(C2(C)SC2CC(=O)N2CCn3c(cc4ccccc43)C2)CC1. The molecule has 3 aliphatic rings. The zero-order chi connectivity index (χ0) is 18.6. The molecule has 6 heteroatoms.